The SMILES string of the molecule is Cc1nc([N+](=O)[O-])c(NC(CO)CC(C)C)n1C. The number of hydrogen-bond donors (Lipinski definition) is 2. The number of aromatic nitrogens is 2. The number of rotatable bonds is 6. The van der Waals surface area contributed by atoms with E-state index in [0.29, 0.717) is 17.6 Å². The molecule has 1 aromatic heterocycles. The highest BCUT2D eigenvalue weighted by atomic mass is 16.6. The minimum absolute atomic E-state index is 0.0699. The van der Waals surface area contributed by atoms with Crippen molar-refractivity contribution in [1.29, 1.82) is 0 Å². The van der Waals surface area contributed by atoms with Gasteiger partial charge in [-0.05, 0) is 22.2 Å². The van der Waals surface area contributed by atoms with E-state index in [-0.39, 0.29) is 18.5 Å². The molecule has 7 heteroatoms. The highest BCUT2D eigenvalue weighted by molar-refractivity contribution is 5.54. The Morgan fingerprint density at radius 1 is 1.56 bits per heavy atom. The van der Waals surface area contributed by atoms with Crippen LogP contribution in [0.5, 0.6) is 0 Å². The highest BCUT2D eigenvalue weighted by Gasteiger charge is 2.25. The quantitative estimate of drug-likeness (QED) is 0.593. The molecule has 1 heterocycles. The van der Waals surface area contributed by atoms with Gasteiger partial charge >= 0.3 is 5.82 Å². The fourth-order valence-electron chi connectivity index (χ4n) is 1.82. The van der Waals surface area contributed by atoms with Gasteiger partial charge in [0.1, 0.15) is 0 Å². The molecule has 0 saturated heterocycles. The molecule has 7 nitrogen and oxygen atoms in total. The lowest BCUT2D eigenvalue weighted by Crippen LogP contribution is -2.27. The average molecular weight is 256 g/mol. The van der Waals surface area contributed by atoms with E-state index in [2.05, 4.69) is 10.3 Å². The maximum atomic E-state index is 10.9. The molecule has 0 radical (unpaired) electrons. The molecule has 1 atom stereocenters. The molecule has 2 N–H and O–H groups in total. The van der Waals surface area contributed by atoms with Crippen LogP contribution in [-0.4, -0.2) is 32.2 Å². The van der Waals surface area contributed by atoms with E-state index in [9.17, 15) is 15.2 Å². The van der Waals surface area contributed by atoms with Crippen molar-refractivity contribution >= 4 is 11.6 Å². The van der Waals surface area contributed by atoms with E-state index in [0.717, 1.165) is 6.42 Å². The molecular formula is C11H20N4O3. The van der Waals surface area contributed by atoms with Crippen molar-refractivity contribution in [3.8, 4) is 0 Å². The number of nitrogens with one attached hydrogen (secondary N) is 1. The van der Waals surface area contributed by atoms with E-state index in [1.165, 1.54) is 0 Å². The Kier molecular flexibility index (Phi) is 4.66. The predicted molar refractivity (Wildman–Crippen MR) is 68.6 cm³/mol. The lowest BCUT2D eigenvalue weighted by atomic mass is 10.0. The molecule has 0 fully saturated rings. The zero-order chi connectivity index (χ0) is 13.9. The zero-order valence-electron chi connectivity index (χ0n) is 11.2. The van der Waals surface area contributed by atoms with E-state index >= 15 is 0 Å². The summed E-state index contributed by atoms with van der Waals surface area (Å²) in [6.07, 6.45) is 0.734. The minimum atomic E-state index is -0.515. The second-order valence-electron chi connectivity index (χ2n) is 4.80. The van der Waals surface area contributed by atoms with Gasteiger partial charge in [-0.25, -0.2) is 0 Å². The number of imidazole rings is 1. The summed E-state index contributed by atoms with van der Waals surface area (Å²) < 4.78 is 1.63. The first-order valence-corrected chi connectivity index (χ1v) is 5.91. The topological polar surface area (TPSA) is 93.2 Å². The number of aryl methyl sites for hydroxylation is 1. The molecule has 1 rings (SSSR count). The maximum absolute atomic E-state index is 10.9. The predicted octanol–water partition coefficient (Wildman–Crippen LogP) is 1.46. The van der Waals surface area contributed by atoms with Crippen LogP contribution in [0.2, 0.25) is 0 Å². The largest absolute Gasteiger partial charge is 0.406 e. The summed E-state index contributed by atoms with van der Waals surface area (Å²) in [6, 6.07) is -0.210. The first-order chi connectivity index (χ1) is 8.36. The monoisotopic (exact) mass is 256 g/mol. The number of aliphatic hydroxyl groups is 1. The van der Waals surface area contributed by atoms with E-state index < -0.39 is 4.92 Å². The first kappa shape index (κ1) is 14.4. The second-order valence-corrected chi connectivity index (χ2v) is 4.80. The Labute approximate surface area is 106 Å². The van der Waals surface area contributed by atoms with Crippen molar-refractivity contribution in [1.82, 2.24) is 9.55 Å². The molecule has 0 saturated carbocycles. The Bertz CT molecular complexity index is 428. The van der Waals surface area contributed by atoms with Crippen molar-refractivity contribution in [3.05, 3.63) is 15.9 Å². The Hall–Kier alpha value is -1.63. The smallest absolute Gasteiger partial charge is 0.394 e. The standard InChI is InChI=1S/C11H20N4O3/c1-7(2)5-9(6-16)13-10-11(15(17)18)12-8(3)14(10)4/h7,9,13,16H,5-6H2,1-4H3. The Morgan fingerprint density at radius 2 is 2.17 bits per heavy atom. The summed E-state index contributed by atoms with van der Waals surface area (Å²) in [6.45, 7) is 5.70. The molecule has 0 amide bonds. The number of anilines is 1. The maximum Gasteiger partial charge on any atom is 0.406 e. The van der Waals surface area contributed by atoms with Crippen molar-refractivity contribution in [2.75, 3.05) is 11.9 Å². The van der Waals surface area contributed by atoms with E-state index in [4.69, 9.17) is 0 Å². The molecule has 1 unspecified atom stereocenters. The van der Waals surface area contributed by atoms with Gasteiger partial charge in [0.15, 0.2) is 0 Å². The molecule has 1 aromatic rings. The van der Waals surface area contributed by atoms with Crippen molar-refractivity contribution in [3.63, 3.8) is 0 Å². The van der Waals surface area contributed by atoms with Crippen LogP contribution >= 0.6 is 0 Å². The lowest BCUT2D eigenvalue weighted by Gasteiger charge is -2.18. The second kappa shape index (κ2) is 5.81. The summed E-state index contributed by atoms with van der Waals surface area (Å²) in [4.78, 5) is 14.3. The Balaban J connectivity index is 2.97. The van der Waals surface area contributed by atoms with E-state index in [1.807, 2.05) is 13.8 Å². The molecule has 0 aliphatic heterocycles. The summed E-state index contributed by atoms with van der Waals surface area (Å²) in [7, 11) is 1.71. The van der Waals surface area contributed by atoms with Crippen LogP contribution in [0.4, 0.5) is 11.6 Å². The van der Waals surface area contributed by atoms with Gasteiger partial charge in [-0.3, -0.25) is 4.57 Å². The summed E-state index contributed by atoms with van der Waals surface area (Å²) >= 11 is 0. The zero-order valence-corrected chi connectivity index (χ0v) is 11.2. The number of hydrogen-bond acceptors (Lipinski definition) is 5. The molecule has 0 aliphatic rings. The van der Waals surface area contributed by atoms with Gasteiger partial charge in [-0.1, -0.05) is 13.8 Å². The summed E-state index contributed by atoms with van der Waals surface area (Å²) in [5.41, 5.74) is 0. The van der Waals surface area contributed by atoms with Gasteiger partial charge in [-0.2, -0.15) is 0 Å². The van der Waals surface area contributed by atoms with Crippen molar-refractivity contribution in [2.24, 2.45) is 13.0 Å². The van der Waals surface area contributed by atoms with Crippen molar-refractivity contribution < 1.29 is 10.0 Å². The molecule has 0 aromatic carbocycles. The van der Waals surface area contributed by atoms with Gasteiger partial charge in [0, 0.05) is 14.0 Å². The van der Waals surface area contributed by atoms with Gasteiger partial charge in [0.25, 0.3) is 0 Å². The third-order valence-corrected chi connectivity index (χ3v) is 2.79. The van der Waals surface area contributed by atoms with E-state index in [1.54, 1.807) is 18.5 Å². The van der Waals surface area contributed by atoms with Crippen LogP contribution in [0.15, 0.2) is 0 Å². The fraction of sp³-hybridized carbons (Fsp3) is 0.727. The Morgan fingerprint density at radius 3 is 2.61 bits per heavy atom. The molecule has 0 bridgehead atoms. The third kappa shape index (κ3) is 3.19. The average Bonchev–Trinajstić information content (AvgIpc) is 2.55. The fourth-order valence-corrected chi connectivity index (χ4v) is 1.82. The van der Waals surface area contributed by atoms with Gasteiger partial charge in [0.2, 0.25) is 11.6 Å². The summed E-state index contributed by atoms with van der Waals surface area (Å²) in [5, 5.41) is 23.2. The number of nitrogens with zero attached hydrogens (tertiary/aromatic N) is 3. The van der Waals surface area contributed by atoms with Crippen molar-refractivity contribution in [2.45, 2.75) is 33.2 Å². The number of aliphatic hydroxyl groups excluding tert-OH is 1. The lowest BCUT2D eigenvalue weighted by molar-refractivity contribution is -0.388. The van der Waals surface area contributed by atoms with Crippen LogP contribution < -0.4 is 5.32 Å². The van der Waals surface area contributed by atoms with Crippen LogP contribution in [0.3, 0.4) is 0 Å². The molecular weight excluding hydrogens is 236 g/mol. The minimum Gasteiger partial charge on any atom is -0.394 e. The van der Waals surface area contributed by atoms with Crippen LogP contribution in [-0.2, 0) is 7.05 Å². The molecule has 0 spiro atoms. The molecule has 0 aliphatic carbocycles. The third-order valence-electron chi connectivity index (χ3n) is 2.79. The first-order valence-electron chi connectivity index (χ1n) is 5.91. The van der Waals surface area contributed by atoms with Gasteiger partial charge in [-0.15, -0.1) is 0 Å². The normalized spacial score (nSPS) is 12.8. The van der Waals surface area contributed by atoms with Crippen LogP contribution in [0.1, 0.15) is 26.1 Å². The van der Waals surface area contributed by atoms with Gasteiger partial charge < -0.3 is 20.5 Å². The summed E-state index contributed by atoms with van der Waals surface area (Å²) in [5.74, 6) is 1.10. The molecule has 18 heavy (non-hydrogen) atoms. The molecule has 102 valence electrons. The number of nitro groups is 1. The highest BCUT2D eigenvalue weighted by Crippen LogP contribution is 2.25. The van der Waals surface area contributed by atoms with Crippen LogP contribution in [0.25, 0.3) is 0 Å². The van der Waals surface area contributed by atoms with Crippen LogP contribution in [0, 0.1) is 23.0 Å². The van der Waals surface area contributed by atoms with Gasteiger partial charge in [0.05, 0.1) is 12.6 Å².